The van der Waals surface area contributed by atoms with Gasteiger partial charge in [-0.1, -0.05) is 24.3 Å². The van der Waals surface area contributed by atoms with E-state index in [9.17, 15) is 14.4 Å². The number of benzene rings is 2. The summed E-state index contributed by atoms with van der Waals surface area (Å²) in [5.74, 6) is -0.507. The van der Waals surface area contributed by atoms with E-state index in [1.165, 1.54) is 0 Å². The fourth-order valence-electron chi connectivity index (χ4n) is 2.69. The fourth-order valence-corrected chi connectivity index (χ4v) is 2.69. The molecule has 0 aromatic heterocycles. The van der Waals surface area contributed by atoms with Crippen LogP contribution in [0.4, 0.5) is 10.5 Å². The van der Waals surface area contributed by atoms with Gasteiger partial charge in [-0.05, 0) is 42.3 Å². The van der Waals surface area contributed by atoms with E-state index in [2.05, 4.69) is 10.6 Å². The minimum Gasteiger partial charge on any atom is -0.329 e. The van der Waals surface area contributed by atoms with Crippen LogP contribution in [0.15, 0.2) is 48.5 Å². The van der Waals surface area contributed by atoms with Gasteiger partial charge in [-0.25, -0.2) is 4.79 Å². The zero-order valence-electron chi connectivity index (χ0n) is 14.4. The average molecular weight is 352 g/mol. The van der Waals surface area contributed by atoms with Crippen molar-refractivity contribution in [3.05, 3.63) is 65.2 Å². The normalized spacial score (nSPS) is 14.9. The SMILES string of the molecule is C[C@H](N)c1ccc(C(=O)Nc2cccc(CN3C(=O)CNC3=O)c2)cc1. The van der Waals surface area contributed by atoms with Crippen LogP contribution in [0.1, 0.15) is 34.5 Å². The Bertz CT molecular complexity index is 830. The van der Waals surface area contributed by atoms with Gasteiger partial charge < -0.3 is 16.4 Å². The van der Waals surface area contributed by atoms with Crippen molar-refractivity contribution in [3.63, 3.8) is 0 Å². The van der Waals surface area contributed by atoms with E-state index in [-0.39, 0.29) is 30.9 Å². The van der Waals surface area contributed by atoms with Crippen molar-refractivity contribution in [2.24, 2.45) is 5.73 Å². The van der Waals surface area contributed by atoms with Crippen LogP contribution in [0.25, 0.3) is 0 Å². The molecule has 4 amide bonds. The van der Waals surface area contributed by atoms with Crippen molar-refractivity contribution in [1.29, 1.82) is 0 Å². The van der Waals surface area contributed by atoms with Gasteiger partial charge in [-0.3, -0.25) is 14.5 Å². The van der Waals surface area contributed by atoms with Crippen molar-refractivity contribution in [3.8, 4) is 0 Å². The quantitative estimate of drug-likeness (QED) is 0.716. The summed E-state index contributed by atoms with van der Waals surface area (Å²) in [5, 5.41) is 5.30. The Hall–Kier alpha value is -3.19. The van der Waals surface area contributed by atoms with Crippen LogP contribution >= 0.6 is 0 Å². The van der Waals surface area contributed by atoms with Crippen LogP contribution in [0.5, 0.6) is 0 Å². The van der Waals surface area contributed by atoms with Gasteiger partial charge in [-0.15, -0.1) is 0 Å². The summed E-state index contributed by atoms with van der Waals surface area (Å²) in [6.45, 7) is 2.07. The predicted molar refractivity (Wildman–Crippen MR) is 97.4 cm³/mol. The van der Waals surface area contributed by atoms with Crippen LogP contribution in [0, 0.1) is 0 Å². The summed E-state index contributed by atoms with van der Waals surface area (Å²) in [4.78, 5) is 36.8. The maximum absolute atomic E-state index is 12.4. The molecule has 7 heteroatoms. The summed E-state index contributed by atoms with van der Waals surface area (Å²) in [7, 11) is 0. The molecular formula is C19H20N4O3. The number of imide groups is 1. The topological polar surface area (TPSA) is 105 Å². The average Bonchev–Trinajstić information content (AvgIpc) is 2.94. The lowest BCUT2D eigenvalue weighted by Gasteiger charge is -2.13. The number of nitrogens with one attached hydrogen (secondary N) is 2. The number of anilines is 1. The number of carbonyl (C=O) groups is 3. The third kappa shape index (κ3) is 3.89. The molecule has 7 nitrogen and oxygen atoms in total. The van der Waals surface area contributed by atoms with E-state index in [0.29, 0.717) is 11.3 Å². The molecule has 4 N–H and O–H groups in total. The summed E-state index contributed by atoms with van der Waals surface area (Å²) in [6, 6.07) is 13.7. The van der Waals surface area contributed by atoms with Gasteiger partial charge in [0.05, 0.1) is 13.1 Å². The number of hydrogen-bond acceptors (Lipinski definition) is 4. The molecule has 1 fully saturated rings. The van der Waals surface area contributed by atoms with Gasteiger partial charge in [0.2, 0.25) is 5.91 Å². The summed E-state index contributed by atoms with van der Waals surface area (Å²) < 4.78 is 0. The van der Waals surface area contributed by atoms with Crippen molar-refractivity contribution < 1.29 is 14.4 Å². The first-order valence-corrected chi connectivity index (χ1v) is 8.28. The van der Waals surface area contributed by atoms with E-state index in [0.717, 1.165) is 16.0 Å². The lowest BCUT2D eigenvalue weighted by atomic mass is 10.1. The van der Waals surface area contributed by atoms with E-state index < -0.39 is 6.03 Å². The second-order valence-electron chi connectivity index (χ2n) is 6.20. The van der Waals surface area contributed by atoms with Crippen molar-refractivity contribution in [1.82, 2.24) is 10.2 Å². The minimum absolute atomic E-state index is 0.0205. The first-order chi connectivity index (χ1) is 12.4. The summed E-state index contributed by atoms with van der Waals surface area (Å²) >= 11 is 0. The van der Waals surface area contributed by atoms with Gasteiger partial charge in [0.15, 0.2) is 0 Å². The Kier molecular flexibility index (Phi) is 4.99. The fraction of sp³-hybridized carbons (Fsp3) is 0.211. The Balaban J connectivity index is 1.69. The Morgan fingerprint density at radius 1 is 1.23 bits per heavy atom. The van der Waals surface area contributed by atoms with Crippen LogP contribution < -0.4 is 16.4 Å². The van der Waals surface area contributed by atoms with Gasteiger partial charge in [0, 0.05) is 17.3 Å². The molecule has 0 spiro atoms. The largest absolute Gasteiger partial charge is 0.329 e. The second kappa shape index (κ2) is 7.37. The number of amides is 4. The molecule has 2 aromatic rings. The monoisotopic (exact) mass is 352 g/mol. The number of urea groups is 1. The Morgan fingerprint density at radius 3 is 2.58 bits per heavy atom. The summed E-state index contributed by atoms with van der Waals surface area (Å²) in [6.07, 6.45) is 0. The van der Waals surface area contributed by atoms with Crippen LogP contribution in [-0.4, -0.2) is 29.3 Å². The lowest BCUT2D eigenvalue weighted by molar-refractivity contribution is -0.125. The van der Waals surface area contributed by atoms with Gasteiger partial charge in [0.25, 0.3) is 5.91 Å². The lowest BCUT2D eigenvalue weighted by Crippen LogP contribution is -2.30. The molecule has 26 heavy (non-hydrogen) atoms. The smallest absolute Gasteiger partial charge is 0.324 e. The number of carbonyl (C=O) groups excluding carboxylic acids is 3. The van der Waals surface area contributed by atoms with Crippen LogP contribution in [0.3, 0.4) is 0 Å². The zero-order valence-corrected chi connectivity index (χ0v) is 14.4. The summed E-state index contributed by atoms with van der Waals surface area (Å²) in [5.41, 5.74) is 8.63. The first kappa shape index (κ1) is 17.6. The van der Waals surface area contributed by atoms with Crippen molar-refractivity contribution >= 4 is 23.5 Å². The Labute approximate surface area is 151 Å². The number of nitrogens with two attached hydrogens (primary N) is 1. The molecule has 0 bridgehead atoms. The minimum atomic E-state index is -0.404. The molecule has 0 saturated carbocycles. The number of nitrogens with zero attached hydrogens (tertiary/aromatic N) is 1. The highest BCUT2D eigenvalue weighted by molar-refractivity contribution is 6.04. The molecular weight excluding hydrogens is 332 g/mol. The molecule has 0 radical (unpaired) electrons. The molecule has 3 rings (SSSR count). The molecule has 0 aliphatic carbocycles. The van der Waals surface area contributed by atoms with Gasteiger partial charge in [0.1, 0.15) is 0 Å². The van der Waals surface area contributed by atoms with Gasteiger partial charge >= 0.3 is 6.03 Å². The van der Waals surface area contributed by atoms with E-state index in [4.69, 9.17) is 5.73 Å². The van der Waals surface area contributed by atoms with Gasteiger partial charge in [-0.2, -0.15) is 0 Å². The maximum atomic E-state index is 12.4. The molecule has 1 saturated heterocycles. The molecule has 1 aliphatic heterocycles. The molecule has 134 valence electrons. The van der Waals surface area contributed by atoms with Crippen LogP contribution in [-0.2, 0) is 11.3 Å². The highest BCUT2D eigenvalue weighted by atomic mass is 16.2. The first-order valence-electron chi connectivity index (χ1n) is 8.28. The van der Waals surface area contributed by atoms with E-state index >= 15 is 0 Å². The molecule has 0 unspecified atom stereocenters. The molecule has 2 aromatic carbocycles. The standard InChI is InChI=1S/C19H20N4O3/c1-12(20)14-5-7-15(8-6-14)18(25)22-16-4-2-3-13(9-16)11-23-17(24)10-21-19(23)26/h2-9,12H,10-11,20H2,1H3,(H,21,26)(H,22,25)/t12-/m0/s1. The number of rotatable bonds is 5. The Morgan fingerprint density at radius 2 is 1.96 bits per heavy atom. The number of hydrogen-bond donors (Lipinski definition) is 3. The molecule has 1 aliphatic rings. The maximum Gasteiger partial charge on any atom is 0.324 e. The second-order valence-corrected chi connectivity index (χ2v) is 6.20. The molecule has 1 atom stereocenters. The third-order valence-electron chi connectivity index (χ3n) is 4.16. The van der Waals surface area contributed by atoms with E-state index in [1.807, 2.05) is 19.1 Å². The third-order valence-corrected chi connectivity index (χ3v) is 4.16. The van der Waals surface area contributed by atoms with Crippen molar-refractivity contribution in [2.75, 3.05) is 11.9 Å². The molecule has 1 heterocycles. The zero-order chi connectivity index (χ0) is 18.7. The highest BCUT2D eigenvalue weighted by Gasteiger charge is 2.28. The highest BCUT2D eigenvalue weighted by Crippen LogP contribution is 2.16. The predicted octanol–water partition coefficient (Wildman–Crippen LogP) is 2.01. The van der Waals surface area contributed by atoms with Crippen LogP contribution in [0.2, 0.25) is 0 Å². The van der Waals surface area contributed by atoms with Crippen molar-refractivity contribution in [2.45, 2.75) is 19.5 Å². The van der Waals surface area contributed by atoms with E-state index in [1.54, 1.807) is 36.4 Å².